The van der Waals surface area contributed by atoms with E-state index in [2.05, 4.69) is 30.8 Å². The molecule has 1 atom stereocenters. The Morgan fingerprint density at radius 2 is 2.00 bits per heavy atom. The van der Waals surface area contributed by atoms with Crippen molar-refractivity contribution in [2.75, 3.05) is 17.7 Å². The molecule has 2 amide bonds. The second-order valence-electron chi connectivity index (χ2n) is 6.77. The molecule has 10 heteroatoms. The number of methoxy groups -OCH3 is 1. The molecule has 1 saturated carbocycles. The predicted octanol–water partition coefficient (Wildman–Crippen LogP) is 3.94. The molecule has 3 heterocycles. The normalized spacial score (nSPS) is 14.4. The summed E-state index contributed by atoms with van der Waals surface area (Å²) in [5.41, 5.74) is 3.14. The van der Waals surface area contributed by atoms with Gasteiger partial charge in [-0.3, -0.25) is 4.98 Å². The van der Waals surface area contributed by atoms with Gasteiger partial charge in [-0.1, -0.05) is 11.6 Å². The number of hydrogen-bond acceptors (Lipinski definition) is 6. The Labute approximate surface area is 172 Å². The van der Waals surface area contributed by atoms with Crippen molar-refractivity contribution in [3.8, 4) is 5.82 Å². The van der Waals surface area contributed by atoms with E-state index in [4.69, 9.17) is 16.3 Å². The van der Waals surface area contributed by atoms with Crippen molar-refractivity contribution >= 4 is 29.0 Å². The molecule has 0 spiro atoms. The number of ether oxygens (including phenoxy) is 1. The molecule has 0 saturated heterocycles. The molecule has 0 aliphatic heterocycles. The van der Waals surface area contributed by atoms with Crippen molar-refractivity contribution in [1.29, 1.82) is 0 Å². The number of amides is 2. The fraction of sp³-hybridized carbons (Fsp3) is 0.316. The quantitative estimate of drug-likeness (QED) is 0.633. The van der Waals surface area contributed by atoms with Gasteiger partial charge >= 0.3 is 6.03 Å². The molecule has 1 unspecified atom stereocenters. The molecule has 4 rings (SSSR count). The third-order valence-corrected chi connectivity index (χ3v) is 5.01. The van der Waals surface area contributed by atoms with Gasteiger partial charge in [-0.25, -0.2) is 9.78 Å². The molecule has 1 aliphatic rings. The predicted molar refractivity (Wildman–Crippen MR) is 108 cm³/mol. The van der Waals surface area contributed by atoms with Crippen LogP contribution in [0.3, 0.4) is 0 Å². The third-order valence-electron chi connectivity index (χ3n) is 4.73. The Morgan fingerprint density at radius 3 is 2.66 bits per heavy atom. The first-order valence-electron chi connectivity index (χ1n) is 9.17. The largest absolute Gasteiger partial charge is 0.377 e. The van der Waals surface area contributed by atoms with Gasteiger partial charge in [0, 0.05) is 18.9 Å². The average molecular weight is 414 g/mol. The van der Waals surface area contributed by atoms with Gasteiger partial charge in [-0.05, 0) is 37.3 Å². The lowest BCUT2D eigenvalue weighted by Gasteiger charge is -2.19. The molecule has 29 heavy (non-hydrogen) atoms. The van der Waals surface area contributed by atoms with Gasteiger partial charge in [0.25, 0.3) is 0 Å². The number of rotatable bonds is 6. The van der Waals surface area contributed by atoms with Crippen LogP contribution in [0.4, 0.5) is 16.2 Å². The van der Waals surface area contributed by atoms with Crippen LogP contribution in [0.1, 0.15) is 42.9 Å². The zero-order chi connectivity index (χ0) is 20.4. The SMILES string of the molecule is COC(C)c1c(NC(=O)Nc2cnc(-n3nccn3)c(Cl)c2)cncc1C1CC1. The first kappa shape index (κ1) is 19.3. The Kier molecular flexibility index (Phi) is 5.41. The first-order chi connectivity index (χ1) is 14.1. The molecule has 1 aliphatic carbocycles. The summed E-state index contributed by atoms with van der Waals surface area (Å²) in [4.78, 5) is 22.4. The molecule has 0 aromatic carbocycles. The Hall–Kier alpha value is -3.04. The number of carbonyl (C=O) groups excluding carboxylic acids is 1. The summed E-state index contributed by atoms with van der Waals surface area (Å²) in [5, 5.41) is 13.9. The minimum atomic E-state index is -0.424. The standard InChI is InChI=1S/C19H20ClN7O2/c1-11(29-2)17-14(12-3-4-12)9-21-10-16(17)26-19(28)25-13-7-15(20)18(22-8-13)27-23-5-6-24-27/h5-12H,3-4H2,1-2H3,(H2,25,26,28). The molecule has 3 aromatic rings. The van der Waals surface area contributed by atoms with Crippen molar-refractivity contribution in [2.24, 2.45) is 0 Å². The number of aromatic nitrogens is 5. The van der Waals surface area contributed by atoms with Crippen LogP contribution in [0.2, 0.25) is 5.02 Å². The maximum Gasteiger partial charge on any atom is 0.323 e. The van der Waals surface area contributed by atoms with Crippen molar-refractivity contribution in [3.05, 3.63) is 53.2 Å². The van der Waals surface area contributed by atoms with E-state index in [9.17, 15) is 4.79 Å². The molecular weight excluding hydrogens is 394 g/mol. The fourth-order valence-corrected chi connectivity index (χ4v) is 3.38. The van der Waals surface area contributed by atoms with Crippen LogP contribution in [0, 0.1) is 0 Å². The molecule has 0 radical (unpaired) electrons. The minimum absolute atomic E-state index is 0.166. The number of nitrogens with zero attached hydrogens (tertiary/aromatic N) is 5. The van der Waals surface area contributed by atoms with Crippen LogP contribution in [0.5, 0.6) is 0 Å². The average Bonchev–Trinajstić information content (AvgIpc) is 3.42. The zero-order valence-electron chi connectivity index (χ0n) is 16.0. The van der Waals surface area contributed by atoms with Gasteiger partial charge < -0.3 is 15.4 Å². The van der Waals surface area contributed by atoms with Crippen LogP contribution in [0.15, 0.2) is 37.1 Å². The summed E-state index contributed by atoms with van der Waals surface area (Å²) in [6, 6.07) is 1.16. The lowest BCUT2D eigenvalue weighted by Crippen LogP contribution is -2.21. The lowest BCUT2D eigenvalue weighted by atomic mass is 10.00. The van der Waals surface area contributed by atoms with E-state index in [1.54, 1.807) is 19.4 Å². The highest BCUT2D eigenvalue weighted by Crippen LogP contribution is 2.45. The molecule has 1 fully saturated rings. The van der Waals surface area contributed by atoms with E-state index in [1.807, 2.05) is 13.1 Å². The Bertz CT molecular complexity index is 1020. The summed E-state index contributed by atoms with van der Waals surface area (Å²) in [6.45, 7) is 1.95. The maximum atomic E-state index is 12.6. The van der Waals surface area contributed by atoms with E-state index in [0.29, 0.717) is 28.1 Å². The van der Waals surface area contributed by atoms with E-state index < -0.39 is 6.03 Å². The number of anilines is 2. The molecule has 150 valence electrons. The van der Waals surface area contributed by atoms with Crippen molar-refractivity contribution in [3.63, 3.8) is 0 Å². The maximum absolute atomic E-state index is 12.6. The van der Waals surface area contributed by atoms with E-state index >= 15 is 0 Å². The third kappa shape index (κ3) is 4.20. The van der Waals surface area contributed by atoms with Gasteiger partial charge in [0.2, 0.25) is 0 Å². The van der Waals surface area contributed by atoms with E-state index in [0.717, 1.165) is 24.0 Å². The van der Waals surface area contributed by atoms with Crippen LogP contribution < -0.4 is 10.6 Å². The number of hydrogen-bond donors (Lipinski definition) is 2. The topological polar surface area (TPSA) is 107 Å². The first-order valence-corrected chi connectivity index (χ1v) is 9.55. The number of halogens is 1. The van der Waals surface area contributed by atoms with E-state index in [1.165, 1.54) is 23.4 Å². The molecule has 9 nitrogen and oxygen atoms in total. The van der Waals surface area contributed by atoms with Crippen LogP contribution >= 0.6 is 11.6 Å². The summed E-state index contributed by atoms with van der Waals surface area (Å²) in [6.07, 6.45) is 10.1. The summed E-state index contributed by atoms with van der Waals surface area (Å²) < 4.78 is 5.52. The summed E-state index contributed by atoms with van der Waals surface area (Å²) >= 11 is 6.25. The smallest absolute Gasteiger partial charge is 0.323 e. The zero-order valence-corrected chi connectivity index (χ0v) is 16.7. The monoisotopic (exact) mass is 413 g/mol. The number of nitrogens with one attached hydrogen (secondary N) is 2. The van der Waals surface area contributed by atoms with Gasteiger partial charge in [0.15, 0.2) is 5.82 Å². The van der Waals surface area contributed by atoms with Crippen LogP contribution in [-0.2, 0) is 4.74 Å². The highest BCUT2D eigenvalue weighted by molar-refractivity contribution is 6.32. The summed E-state index contributed by atoms with van der Waals surface area (Å²) in [7, 11) is 1.65. The molecule has 0 bridgehead atoms. The molecular formula is C19H20ClN7O2. The summed E-state index contributed by atoms with van der Waals surface area (Å²) in [5.74, 6) is 0.853. The number of urea groups is 1. The molecule has 3 aromatic heterocycles. The van der Waals surface area contributed by atoms with Gasteiger partial charge in [0.05, 0.1) is 47.3 Å². The highest BCUT2D eigenvalue weighted by Gasteiger charge is 2.29. The van der Waals surface area contributed by atoms with Crippen molar-refractivity contribution < 1.29 is 9.53 Å². The number of pyridine rings is 2. The fourth-order valence-electron chi connectivity index (χ4n) is 3.13. The van der Waals surface area contributed by atoms with Gasteiger partial charge in [-0.2, -0.15) is 10.2 Å². The highest BCUT2D eigenvalue weighted by atomic mass is 35.5. The second kappa shape index (κ2) is 8.14. The minimum Gasteiger partial charge on any atom is -0.377 e. The van der Waals surface area contributed by atoms with Gasteiger partial charge in [0.1, 0.15) is 0 Å². The van der Waals surface area contributed by atoms with E-state index in [-0.39, 0.29) is 6.10 Å². The van der Waals surface area contributed by atoms with Crippen molar-refractivity contribution in [2.45, 2.75) is 31.8 Å². The molecule has 2 N–H and O–H groups in total. The van der Waals surface area contributed by atoms with Crippen LogP contribution in [-0.4, -0.2) is 38.1 Å². The Balaban J connectivity index is 1.52. The second-order valence-corrected chi connectivity index (χ2v) is 7.18. The Morgan fingerprint density at radius 1 is 1.24 bits per heavy atom. The van der Waals surface area contributed by atoms with Gasteiger partial charge in [-0.15, -0.1) is 4.80 Å². The number of carbonyl (C=O) groups is 1. The van der Waals surface area contributed by atoms with Crippen LogP contribution in [0.25, 0.3) is 5.82 Å². The lowest BCUT2D eigenvalue weighted by molar-refractivity contribution is 0.119. The van der Waals surface area contributed by atoms with Crippen molar-refractivity contribution in [1.82, 2.24) is 25.0 Å².